The van der Waals surface area contributed by atoms with Crippen molar-refractivity contribution in [3.05, 3.63) is 23.8 Å². The normalized spacial score (nSPS) is 11.4. The van der Waals surface area contributed by atoms with E-state index in [1.807, 2.05) is 0 Å². The molecule has 0 aliphatic carbocycles. The van der Waals surface area contributed by atoms with Crippen LogP contribution < -0.4 is 10.1 Å². The molecule has 1 N–H and O–H groups in total. The van der Waals surface area contributed by atoms with E-state index in [-0.39, 0.29) is 11.4 Å². The SMILES string of the molecule is CCCCCCNc1ccc(OC)cc1C(F)(F)F. The zero-order valence-electron chi connectivity index (χ0n) is 11.3. The summed E-state index contributed by atoms with van der Waals surface area (Å²) in [6.45, 7) is 2.65. The third-order valence-electron chi connectivity index (χ3n) is 2.88. The molecule has 5 heteroatoms. The van der Waals surface area contributed by atoms with Crippen molar-refractivity contribution in [1.29, 1.82) is 0 Å². The number of methoxy groups -OCH3 is 1. The molecule has 108 valence electrons. The van der Waals surface area contributed by atoms with Gasteiger partial charge in [-0.25, -0.2) is 0 Å². The molecule has 1 rings (SSSR count). The minimum absolute atomic E-state index is 0.116. The molecule has 0 saturated heterocycles. The molecular formula is C14H20F3NO. The van der Waals surface area contributed by atoms with Crippen molar-refractivity contribution in [1.82, 2.24) is 0 Å². The highest BCUT2D eigenvalue weighted by atomic mass is 19.4. The van der Waals surface area contributed by atoms with Gasteiger partial charge in [0, 0.05) is 12.2 Å². The van der Waals surface area contributed by atoms with Gasteiger partial charge in [-0.3, -0.25) is 0 Å². The van der Waals surface area contributed by atoms with Crippen LogP contribution >= 0.6 is 0 Å². The molecule has 0 fully saturated rings. The Morgan fingerprint density at radius 2 is 1.89 bits per heavy atom. The molecule has 1 aromatic rings. The number of benzene rings is 1. The summed E-state index contributed by atoms with van der Waals surface area (Å²) in [7, 11) is 1.35. The van der Waals surface area contributed by atoms with Crippen LogP contribution in [0, 0.1) is 0 Å². The second-order valence-corrected chi connectivity index (χ2v) is 4.40. The van der Waals surface area contributed by atoms with Crippen molar-refractivity contribution in [2.24, 2.45) is 0 Å². The van der Waals surface area contributed by atoms with E-state index in [0.717, 1.165) is 31.7 Å². The minimum atomic E-state index is -4.37. The van der Waals surface area contributed by atoms with Gasteiger partial charge in [0.15, 0.2) is 0 Å². The highest BCUT2D eigenvalue weighted by Crippen LogP contribution is 2.37. The van der Waals surface area contributed by atoms with Gasteiger partial charge in [-0.15, -0.1) is 0 Å². The molecule has 19 heavy (non-hydrogen) atoms. The van der Waals surface area contributed by atoms with Crippen LogP contribution in [0.2, 0.25) is 0 Å². The Morgan fingerprint density at radius 3 is 2.47 bits per heavy atom. The average Bonchev–Trinajstić information content (AvgIpc) is 2.37. The quantitative estimate of drug-likeness (QED) is 0.728. The van der Waals surface area contributed by atoms with Crippen LogP contribution in [0.4, 0.5) is 18.9 Å². The lowest BCUT2D eigenvalue weighted by Crippen LogP contribution is -2.12. The van der Waals surface area contributed by atoms with Gasteiger partial charge in [-0.05, 0) is 24.6 Å². The van der Waals surface area contributed by atoms with Crippen molar-refractivity contribution in [3.8, 4) is 5.75 Å². The van der Waals surface area contributed by atoms with Gasteiger partial charge in [0.05, 0.1) is 12.7 Å². The molecule has 2 nitrogen and oxygen atoms in total. The minimum Gasteiger partial charge on any atom is -0.497 e. The summed E-state index contributed by atoms with van der Waals surface area (Å²) in [6.07, 6.45) is -0.259. The van der Waals surface area contributed by atoms with Gasteiger partial charge < -0.3 is 10.1 Å². The van der Waals surface area contributed by atoms with Crippen LogP contribution in [-0.4, -0.2) is 13.7 Å². The molecule has 0 amide bonds. The van der Waals surface area contributed by atoms with Gasteiger partial charge in [0.25, 0.3) is 0 Å². The van der Waals surface area contributed by atoms with E-state index in [1.165, 1.54) is 19.2 Å². The Bertz CT molecular complexity index is 391. The average molecular weight is 275 g/mol. The second-order valence-electron chi connectivity index (χ2n) is 4.40. The molecule has 0 aromatic heterocycles. The van der Waals surface area contributed by atoms with E-state index in [0.29, 0.717) is 6.54 Å². The van der Waals surface area contributed by atoms with Crippen molar-refractivity contribution < 1.29 is 17.9 Å². The number of ether oxygens (including phenoxy) is 1. The molecule has 0 radical (unpaired) electrons. The maximum absolute atomic E-state index is 12.9. The molecule has 0 aliphatic rings. The molecule has 0 bridgehead atoms. The van der Waals surface area contributed by atoms with E-state index < -0.39 is 11.7 Å². The third-order valence-corrected chi connectivity index (χ3v) is 2.88. The predicted octanol–water partition coefficient (Wildman–Crippen LogP) is 4.71. The fourth-order valence-corrected chi connectivity index (χ4v) is 1.81. The lowest BCUT2D eigenvalue weighted by atomic mass is 10.1. The molecule has 0 atom stereocenters. The highest BCUT2D eigenvalue weighted by Gasteiger charge is 2.33. The molecule has 1 aromatic carbocycles. The number of alkyl halides is 3. The summed E-state index contributed by atoms with van der Waals surface area (Å²) in [6, 6.07) is 3.97. The second kappa shape index (κ2) is 7.26. The van der Waals surface area contributed by atoms with Crippen molar-refractivity contribution in [3.63, 3.8) is 0 Å². The largest absolute Gasteiger partial charge is 0.497 e. The summed E-state index contributed by atoms with van der Waals surface area (Å²) in [4.78, 5) is 0. The zero-order chi connectivity index (χ0) is 14.3. The van der Waals surface area contributed by atoms with E-state index in [9.17, 15) is 13.2 Å². The summed E-state index contributed by atoms with van der Waals surface area (Å²) in [5, 5.41) is 2.85. The monoisotopic (exact) mass is 275 g/mol. The molecule has 0 heterocycles. The lowest BCUT2D eigenvalue weighted by Gasteiger charge is -2.15. The summed E-state index contributed by atoms with van der Waals surface area (Å²) in [5.74, 6) is 0.212. The molecular weight excluding hydrogens is 255 g/mol. The van der Waals surface area contributed by atoms with E-state index in [4.69, 9.17) is 4.74 Å². The van der Waals surface area contributed by atoms with Crippen molar-refractivity contribution in [2.45, 2.75) is 38.8 Å². The summed E-state index contributed by atoms with van der Waals surface area (Å²) < 4.78 is 43.5. The van der Waals surface area contributed by atoms with E-state index in [2.05, 4.69) is 12.2 Å². The van der Waals surface area contributed by atoms with Gasteiger partial charge in [-0.1, -0.05) is 26.2 Å². The molecule has 0 aliphatic heterocycles. The third kappa shape index (κ3) is 5.01. The standard InChI is InChI=1S/C14H20F3NO/c1-3-4-5-6-9-18-13-8-7-11(19-2)10-12(13)14(15,16)17/h7-8,10,18H,3-6,9H2,1-2H3. The Balaban J connectivity index is 2.71. The molecule has 0 unspecified atom stereocenters. The zero-order valence-corrected chi connectivity index (χ0v) is 11.3. The number of hydrogen-bond donors (Lipinski definition) is 1. The van der Waals surface area contributed by atoms with E-state index >= 15 is 0 Å². The predicted molar refractivity (Wildman–Crippen MR) is 70.6 cm³/mol. The van der Waals surface area contributed by atoms with Gasteiger partial charge in [-0.2, -0.15) is 13.2 Å². The van der Waals surface area contributed by atoms with Crippen LogP contribution in [0.1, 0.15) is 38.2 Å². The molecule has 0 spiro atoms. The first kappa shape index (κ1) is 15.7. The fourth-order valence-electron chi connectivity index (χ4n) is 1.81. The number of halogens is 3. The number of nitrogens with one attached hydrogen (secondary N) is 1. The summed E-state index contributed by atoms with van der Waals surface area (Å²) >= 11 is 0. The number of unbranched alkanes of at least 4 members (excludes halogenated alkanes) is 3. The Morgan fingerprint density at radius 1 is 1.16 bits per heavy atom. The maximum Gasteiger partial charge on any atom is 0.418 e. The molecule has 0 saturated carbocycles. The van der Waals surface area contributed by atoms with Crippen LogP contribution in [0.5, 0.6) is 5.75 Å². The van der Waals surface area contributed by atoms with Gasteiger partial charge >= 0.3 is 6.18 Å². The lowest BCUT2D eigenvalue weighted by molar-refractivity contribution is -0.137. The maximum atomic E-state index is 12.9. The first-order valence-electron chi connectivity index (χ1n) is 6.48. The Kier molecular flexibility index (Phi) is 5.99. The van der Waals surface area contributed by atoms with Crippen LogP contribution in [-0.2, 0) is 6.18 Å². The Hall–Kier alpha value is -1.39. The van der Waals surface area contributed by atoms with Gasteiger partial charge in [0.2, 0.25) is 0 Å². The van der Waals surface area contributed by atoms with Crippen LogP contribution in [0.3, 0.4) is 0 Å². The first-order chi connectivity index (χ1) is 8.99. The van der Waals surface area contributed by atoms with Crippen LogP contribution in [0.15, 0.2) is 18.2 Å². The Labute approximate surface area is 112 Å². The first-order valence-corrected chi connectivity index (χ1v) is 6.48. The smallest absolute Gasteiger partial charge is 0.418 e. The van der Waals surface area contributed by atoms with Crippen molar-refractivity contribution >= 4 is 5.69 Å². The van der Waals surface area contributed by atoms with Crippen LogP contribution in [0.25, 0.3) is 0 Å². The number of rotatable bonds is 7. The topological polar surface area (TPSA) is 21.3 Å². The van der Waals surface area contributed by atoms with E-state index in [1.54, 1.807) is 0 Å². The summed E-state index contributed by atoms with van der Waals surface area (Å²) in [5.41, 5.74) is -0.563. The number of anilines is 1. The van der Waals surface area contributed by atoms with Gasteiger partial charge in [0.1, 0.15) is 5.75 Å². The van der Waals surface area contributed by atoms with Crippen molar-refractivity contribution in [2.75, 3.05) is 19.0 Å². The fraction of sp³-hybridized carbons (Fsp3) is 0.571. The highest BCUT2D eigenvalue weighted by molar-refractivity contribution is 5.55. The number of hydrogen-bond acceptors (Lipinski definition) is 2.